The van der Waals surface area contributed by atoms with Gasteiger partial charge in [-0.2, -0.15) is 0 Å². The first-order valence-electron chi connectivity index (χ1n) is 4.94. The highest BCUT2D eigenvalue weighted by atomic mass is 16.4. The van der Waals surface area contributed by atoms with Gasteiger partial charge in [-0.15, -0.1) is 0 Å². The first-order chi connectivity index (χ1) is 7.10. The Bertz CT molecular complexity index is 280. The lowest BCUT2D eigenvalue weighted by molar-refractivity contribution is -0.138. The number of allylic oxidation sites excluding steroid dienone is 3. The van der Waals surface area contributed by atoms with Crippen LogP contribution in [0.5, 0.6) is 0 Å². The van der Waals surface area contributed by atoms with Crippen molar-refractivity contribution in [3.8, 4) is 0 Å². The maximum atomic E-state index is 11.2. The zero-order valence-corrected chi connectivity index (χ0v) is 9.12. The summed E-state index contributed by atoms with van der Waals surface area (Å²) in [5.74, 6) is -1.23. The highest BCUT2D eigenvalue weighted by Gasteiger charge is 2.05. The Morgan fingerprint density at radius 3 is 2.47 bits per heavy atom. The van der Waals surface area contributed by atoms with E-state index in [-0.39, 0.29) is 18.7 Å². The number of nitrogens with one attached hydrogen (secondary N) is 1. The number of carbonyl (C=O) groups excluding carboxylic acids is 1. The average Bonchev–Trinajstić information content (AvgIpc) is 2.21. The molecule has 0 bridgehead atoms. The Labute approximate surface area is 89.7 Å². The van der Waals surface area contributed by atoms with E-state index in [1.54, 1.807) is 12.2 Å². The molecule has 0 rings (SSSR count). The molecule has 0 aliphatic carbocycles. The summed E-state index contributed by atoms with van der Waals surface area (Å²) in [6.07, 6.45) is 6.26. The Kier molecular flexibility index (Phi) is 6.97. The third-order valence-electron chi connectivity index (χ3n) is 1.69. The second kappa shape index (κ2) is 7.79. The molecule has 4 heteroatoms. The topological polar surface area (TPSA) is 66.4 Å². The highest BCUT2D eigenvalue weighted by molar-refractivity contribution is 5.82. The van der Waals surface area contributed by atoms with Crippen molar-refractivity contribution in [3.05, 3.63) is 23.9 Å². The monoisotopic (exact) mass is 211 g/mol. The molecule has 0 spiro atoms. The van der Waals surface area contributed by atoms with Crippen LogP contribution in [0.25, 0.3) is 0 Å². The van der Waals surface area contributed by atoms with Gasteiger partial charge in [-0.05, 0) is 19.4 Å². The van der Waals surface area contributed by atoms with Gasteiger partial charge in [-0.1, -0.05) is 19.1 Å². The molecule has 0 fully saturated rings. The van der Waals surface area contributed by atoms with Crippen LogP contribution in [-0.2, 0) is 9.59 Å². The average molecular weight is 211 g/mol. The van der Waals surface area contributed by atoms with E-state index in [1.807, 2.05) is 19.9 Å². The standard InChI is InChI=1S/C11H17NO3/c1-3-5-6-9(4-2)12-10(13)7-8-11(14)15/h4-6H,3,7-8H2,1-2H3,(H,12,13)(H,14,15)/b6-5-,9-4+. The molecule has 0 atom stereocenters. The second-order valence-electron chi connectivity index (χ2n) is 3.00. The van der Waals surface area contributed by atoms with Crippen LogP contribution < -0.4 is 5.32 Å². The predicted octanol–water partition coefficient (Wildman–Crippen LogP) is 1.84. The van der Waals surface area contributed by atoms with Crippen LogP contribution >= 0.6 is 0 Å². The fraction of sp³-hybridized carbons (Fsp3) is 0.455. The second-order valence-corrected chi connectivity index (χ2v) is 3.00. The smallest absolute Gasteiger partial charge is 0.303 e. The van der Waals surface area contributed by atoms with Gasteiger partial charge in [0, 0.05) is 12.1 Å². The summed E-state index contributed by atoms with van der Waals surface area (Å²) >= 11 is 0. The van der Waals surface area contributed by atoms with Crippen molar-refractivity contribution in [3.63, 3.8) is 0 Å². The van der Waals surface area contributed by atoms with Gasteiger partial charge in [0.05, 0.1) is 6.42 Å². The summed E-state index contributed by atoms with van der Waals surface area (Å²) in [4.78, 5) is 21.5. The van der Waals surface area contributed by atoms with E-state index in [1.165, 1.54) is 0 Å². The number of hydrogen-bond donors (Lipinski definition) is 2. The first-order valence-corrected chi connectivity index (χ1v) is 4.94. The Hall–Kier alpha value is -1.58. The number of aliphatic carboxylic acids is 1. The lowest BCUT2D eigenvalue weighted by Crippen LogP contribution is -2.22. The maximum Gasteiger partial charge on any atom is 0.303 e. The van der Waals surface area contributed by atoms with Crippen molar-refractivity contribution in [2.45, 2.75) is 33.1 Å². The fourth-order valence-electron chi connectivity index (χ4n) is 0.899. The molecule has 0 saturated heterocycles. The summed E-state index contributed by atoms with van der Waals surface area (Å²) in [5.41, 5.74) is 0.701. The van der Waals surface area contributed by atoms with Crippen LogP contribution in [0.15, 0.2) is 23.9 Å². The van der Waals surface area contributed by atoms with E-state index in [0.29, 0.717) is 5.70 Å². The van der Waals surface area contributed by atoms with Gasteiger partial charge in [0.1, 0.15) is 0 Å². The van der Waals surface area contributed by atoms with Crippen molar-refractivity contribution in [1.29, 1.82) is 0 Å². The van der Waals surface area contributed by atoms with E-state index in [2.05, 4.69) is 5.32 Å². The van der Waals surface area contributed by atoms with Crippen molar-refractivity contribution >= 4 is 11.9 Å². The molecule has 0 radical (unpaired) electrons. The van der Waals surface area contributed by atoms with E-state index in [0.717, 1.165) is 6.42 Å². The molecule has 0 aromatic heterocycles. The first kappa shape index (κ1) is 13.4. The van der Waals surface area contributed by atoms with Crippen molar-refractivity contribution < 1.29 is 14.7 Å². The minimum Gasteiger partial charge on any atom is -0.481 e. The summed E-state index contributed by atoms with van der Waals surface area (Å²) in [6.45, 7) is 3.81. The van der Waals surface area contributed by atoms with E-state index in [9.17, 15) is 9.59 Å². The van der Waals surface area contributed by atoms with Crippen LogP contribution in [0.3, 0.4) is 0 Å². The molecule has 0 aliphatic rings. The lowest BCUT2D eigenvalue weighted by Gasteiger charge is -2.04. The molecule has 1 amide bonds. The largest absolute Gasteiger partial charge is 0.481 e. The minimum atomic E-state index is -0.962. The molecule has 0 saturated carbocycles. The number of hydrogen-bond acceptors (Lipinski definition) is 2. The zero-order valence-electron chi connectivity index (χ0n) is 9.12. The molecule has 0 heterocycles. The van der Waals surface area contributed by atoms with Crippen LogP contribution in [0.2, 0.25) is 0 Å². The van der Waals surface area contributed by atoms with Gasteiger partial charge < -0.3 is 10.4 Å². The highest BCUT2D eigenvalue weighted by Crippen LogP contribution is 1.96. The molecule has 2 N–H and O–H groups in total. The normalized spacial score (nSPS) is 11.7. The van der Waals surface area contributed by atoms with Gasteiger partial charge in [-0.25, -0.2) is 0 Å². The van der Waals surface area contributed by atoms with Gasteiger partial charge in [0.25, 0.3) is 0 Å². The third kappa shape index (κ3) is 7.49. The van der Waals surface area contributed by atoms with Crippen LogP contribution in [0.4, 0.5) is 0 Å². The number of carboxylic acid groups (broad SMARTS) is 1. The molecule has 0 aromatic rings. The van der Waals surface area contributed by atoms with Crippen LogP contribution in [0, 0.1) is 0 Å². The molecule has 0 aliphatic heterocycles. The number of carbonyl (C=O) groups is 2. The SMILES string of the molecule is C/C=C(\C=C/CC)NC(=O)CCC(=O)O. The molecule has 0 aromatic carbocycles. The number of amides is 1. The number of carboxylic acids is 1. The quantitative estimate of drug-likeness (QED) is 0.659. The summed E-state index contributed by atoms with van der Waals surface area (Å²) in [5, 5.41) is 11.0. The van der Waals surface area contributed by atoms with Crippen molar-refractivity contribution in [1.82, 2.24) is 5.32 Å². The van der Waals surface area contributed by atoms with E-state index in [4.69, 9.17) is 5.11 Å². The van der Waals surface area contributed by atoms with Gasteiger partial charge >= 0.3 is 5.97 Å². The fourth-order valence-corrected chi connectivity index (χ4v) is 0.899. The molecular formula is C11H17NO3. The van der Waals surface area contributed by atoms with Gasteiger partial charge in [0.2, 0.25) is 5.91 Å². The Morgan fingerprint density at radius 2 is 2.00 bits per heavy atom. The maximum absolute atomic E-state index is 11.2. The third-order valence-corrected chi connectivity index (χ3v) is 1.69. The van der Waals surface area contributed by atoms with Crippen LogP contribution in [0.1, 0.15) is 33.1 Å². The van der Waals surface area contributed by atoms with Crippen molar-refractivity contribution in [2.24, 2.45) is 0 Å². The molecular weight excluding hydrogens is 194 g/mol. The summed E-state index contributed by atoms with van der Waals surface area (Å²) in [7, 11) is 0. The zero-order chi connectivity index (χ0) is 11.7. The number of rotatable bonds is 6. The van der Waals surface area contributed by atoms with Crippen molar-refractivity contribution in [2.75, 3.05) is 0 Å². The summed E-state index contributed by atoms with van der Waals surface area (Å²) < 4.78 is 0. The molecule has 0 unspecified atom stereocenters. The summed E-state index contributed by atoms with van der Waals surface area (Å²) in [6, 6.07) is 0. The van der Waals surface area contributed by atoms with Gasteiger partial charge in [0.15, 0.2) is 0 Å². The molecule has 4 nitrogen and oxygen atoms in total. The van der Waals surface area contributed by atoms with E-state index >= 15 is 0 Å². The Morgan fingerprint density at radius 1 is 1.33 bits per heavy atom. The van der Waals surface area contributed by atoms with E-state index < -0.39 is 5.97 Å². The Balaban J connectivity index is 4.03. The minimum absolute atomic E-state index is 0.00659. The van der Waals surface area contributed by atoms with Crippen LogP contribution in [-0.4, -0.2) is 17.0 Å². The van der Waals surface area contributed by atoms with Gasteiger partial charge in [-0.3, -0.25) is 9.59 Å². The molecule has 15 heavy (non-hydrogen) atoms. The lowest BCUT2D eigenvalue weighted by atomic mass is 10.2. The molecule has 84 valence electrons. The predicted molar refractivity (Wildman–Crippen MR) is 58.2 cm³/mol.